The van der Waals surface area contributed by atoms with Gasteiger partial charge >= 0.3 is 6.09 Å². The van der Waals surface area contributed by atoms with Crippen molar-refractivity contribution >= 4 is 23.8 Å². The van der Waals surface area contributed by atoms with Crippen LogP contribution in [0.5, 0.6) is 5.75 Å². The number of hydrogen-bond acceptors (Lipinski definition) is 6. The molecule has 4 amide bonds. The van der Waals surface area contributed by atoms with Crippen LogP contribution in [0.25, 0.3) is 0 Å². The van der Waals surface area contributed by atoms with E-state index in [0.29, 0.717) is 18.5 Å². The number of nitrogens with one attached hydrogen (secondary N) is 2. The van der Waals surface area contributed by atoms with Gasteiger partial charge in [-0.15, -0.1) is 0 Å². The fourth-order valence-electron chi connectivity index (χ4n) is 4.16. The molecule has 1 aliphatic carbocycles. The van der Waals surface area contributed by atoms with Crippen LogP contribution in [0.2, 0.25) is 0 Å². The minimum Gasteiger partial charge on any atom is -0.508 e. The van der Waals surface area contributed by atoms with E-state index in [-0.39, 0.29) is 36.5 Å². The van der Waals surface area contributed by atoms with Crippen molar-refractivity contribution in [3.05, 3.63) is 29.8 Å². The number of aromatic hydroxyl groups is 1. The average molecular weight is 519 g/mol. The van der Waals surface area contributed by atoms with Gasteiger partial charge in [0.2, 0.25) is 17.7 Å². The second-order valence-corrected chi connectivity index (χ2v) is 10.7. The Morgan fingerprint density at radius 1 is 1.22 bits per heavy atom. The molecule has 0 aromatic heterocycles. The number of ether oxygens (including phenoxy) is 1. The van der Waals surface area contributed by atoms with Gasteiger partial charge in [-0.1, -0.05) is 38.8 Å². The van der Waals surface area contributed by atoms with Gasteiger partial charge in [0.25, 0.3) is 0 Å². The molecule has 10 heteroatoms. The molecule has 1 aromatic rings. The van der Waals surface area contributed by atoms with Gasteiger partial charge in [0.05, 0.1) is 0 Å². The molecule has 1 aromatic carbocycles. The highest BCUT2D eigenvalue weighted by molar-refractivity contribution is 5.93. The van der Waals surface area contributed by atoms with Gasteiger partial charge in [-0.05, 0) is 63.6 Å². The number of amides is 4. The van der Waals surface area contributed by atoms with E-state index in [9.17, 15) is 24.3 Å². The van der Waals surface area contributed by atoms with Crippen LogP contribution in [0.3, 0.4) is 0 Å². The first-order valence-electron chi connectivity index (χ1n) is 13.0. The topological polar surface area (TPSA) is 151 Å². The molecule has 37 heavy (non-hydrogen) atoms. The normalized spacial score (nSPS) is 18.3. The third-order valence-electron chi connectivity index (χ3n) is 6.14. The highest BCUT2D eigenvalue weighted by atomic mass is 16.6. The second kappa shape index (κ2) is 13.3. The molecule has 1 aliphatic rings. The molecule has 0 radical (unpaired) electrons. The highest BCUT2D eigenvalue weighted by Gasteiger charge is 2.48. The number of nitrogens with two attached hydrogens (primary N) is 1. The Hall–Kier alpha value is -3.30. The second-order valence-electron chi connectivity index (χ2n) is 10.7. The molecule has 10 nitrogen and oxygen atoms in total. The quantitative estimate of drug-likeness (QED) is 0.295. The number of phenolic OH excluding ortho intramolecular Hbond substituents is 1. The zero-order valence-corrected chi connectivity index (χ0v) is 22.6. The van der Waals surface area contributed by atoms with E-state index in [1.807, 2.05) is 6.92 Å². The molecular weight excluding hydrogens is 476 g/mol. The maximum atomic E-state index is 14.0. The molecule has 1 saturated carbocycles. The third-order valence-corrected chi connectivity index (χ3v) is 6.14. The smallest absolute Gasteiger partial charge is 0.408 e. The summed E-state index contributed by atoms with van der Waals surface area (Å²) in [6.45, 7) is 9.59. The minimum atomic E-state index is -1.14. The monoisotopic (exact) mass is 518 g/mol. The molecule has 5 N–H and O–H groups in total. The molecule has 0 bridgehead atoms. The van der Waals surface area contributed by atoms with E-state index in [0.717, 1.165) is 19.3 Å². The Morgan fingerprint density at radius 2 is 1.89 bits per heavy atom. The molecule has 0 aliphatic heterocycles. The molecular formula is C27H42N4O6. The fourth-order valence-corrected chi connectivity index (χ4v) is 4.16. The first-order chi connectivity index (χ1) is 17.3. The van der Waals surface area contributed by atoms with Gasteiger partial charge in [-0.25, -0.2) is 4.79 Å². The first kappa shape index (κ1) is 29.9. The summed E-state index contributed by atoms with van der Waals surface area (Å²) in [6, 6.07) is 3.83. The summed E-state index contributed by atoms with van der Waals surface area (Å²) in [6.07, 6.45) is 2.43. The predicted molar refractivity (Wildman–Crippen MR) is 139 cm³/mol. The third kappa shape index (κ3) is 9.59. The van der Waals surface area contributed by atoms with Crippen LogP contribution >= 0.6 is 0 Å². The van der Waals surface area contributed by atoms with Crippen LogP contribution in [0.15, 0.2) is 24.3 Å². The Bertz CT molecular complexity index is 960. The number of rotatable bonds is 13. The summed E-state index contributed by atoms with van der Waals surface area (Å²) in [5, 5.41) is 15.6. The number of hydrogen-bond donors (Lipinski definition) is 4. The molecule has 4 unspecified atom stereocenters. The number of alkyl carbamates (subject to hydrolysis) is 1. The molecule has 2 rings (SSSR count). The van der Waals surface area contributed by atoms with Crippen molar-refractivity contribution in [2.75, 3.05) is 6.54 Å². The Labute approximate surface area is 219 Å². The molecule has 1 fully saturated rings. The van der Waals surface area contributed by atoms with Crippen LogP contribution < -0.4 is 16.4 Å². The lowest BCUT2D eigenvalue weighted by atomic mass is 10.0. The number of phenols is 1. The summed E-state index contributed by atoms with van der Waals surface area (Å²) >= 11 is 0. The van der Waals surface area contributed by atoms with Crippen LogP contribution in [-0.4, -0.2) is 58.1 Å². The lowest BCUT2D eigenvalue weighted by molar-refractivity contribution is -0.143. The van der Waals surface area contributed by atoms with Crippen molar-refractivity contribution in [3.8, 4) is 5.75 Å². The van der Waals surface area contributed by atoms with Gasteiger partial charge in [0, 0.05) is 19.0 Å². The van der Waals surface area contributed by atoms with Crippen LogP contribution in [0.4, 0.5) is 4.79 Å². The van der Waals surface area contributed by atoms with Gasteiger partial charge in [-0.2, -0.15) is 0 Å². The molecule has 4 atom stereocenters. The Morgan fingerprint density at radius 3 is 2.43 bits per heavy atom. The van der Waals surface area contributed by atoms with Crippen molar-refractivity contribution in [3.63, 3.8) is 0 Å². The Balaban J connectivity index is 2.44. The fraction of sp³-hybridized carbons (Fsp3) is 0.630. The van der Waals surface area contributed by atoms with Gasteiger partial charge in [0.1, 0.15) is 23.4 Å². The molecule has 206 valence electrons. The first-order valence-corrected chi connectivity index (χ1v) is 13.0. The van der Waals surface area contributed by atoms with Crippen molar-refractivity contribution in [1.29, 1.82) is 0 Å². The zero-order chi connectivity index (χ0) is 27.8. The van der Waals surface area contributed by atoms with Crippen molar-refractivity contribution in [2.45, 2.75) is 96.9 Å². The van der Waals surface area contributed by atoms with Crippen molar-refractivity contribution in [1.82, 2.24) is 15.5 Å². The summed E-state index contributed by atoms with van der Waals surface area (Å²) < 4.78 is 5.34. The number of nitrogens with zero attached hydrogens (tertiary/aromatic N) is 1. The van der Waals surface area contributed by atoms with E-state index >= 15 is 0 Å². The molecule has 0 saturated heterocycles. The number of carbonyl (C=O) groups excluding carboxylic acids is 4. The van der Waals surface area contributed by atoms with Crippen LogP contribution in [0, 0.1) is 5.92 Å². The standard InChI is InChI=1S/C27H42N4O6/c1-6-7-8-14-29-24(34)23(18-10-9-11-19(32)16-18)31(21-15-17(21)2)25(35)20(12-13-22(28)33)30-26(36)37-27(3,4)5/h9-11,16-17,20-21,23,32H,6-8,12-15H2,1-5H3,(H2,28,33)(H,29,34)(H,30,36). The molecule has 0 spiro atoms. The maximum absolute atomic E-state index is 14.0. The van der Waals surface area contributed by atoms with Gasteiger partial charge < -0.3 is 31.1 Å². The van der Waals surface area contributed by atoms with Gasteiger partial charge in [-0.3, -0.25) is 14.4 Å². The van der Waals surface area contributed by atoms with E-state index in [1.165, 1.54) is 17.0 Å². The lowest BCUT2D eigenvalue weighted by Gasteiger charge is -2.35. The van der Waals surface area contributed by atoms with Crippen molar-refractivity contribution < 1.29 is 29.0 Å². The number of primary amides is 1. The van der Waals surface area contributed by atoms with Crippen LogP contribution in [-0.2, 0) is 19.1 Å². The zero-order valence-electron chi connectivity index (χ0n) is 22.6. The average Bonchev–Trinajstić information content (AvgIpc) is 3.51. The summed E-state index contributed by atoms with van der Waals surface area (Å²) in [4.78, 5) is 53.2. The minimum absolute atomic E-state index is 0.0327. The van der Waals surface area contributed by atoms with Crippen LogP contribution in [0.1, 0.15) is 84.7 Å². The number of unbranched alkanes of at least 4 members (excludes halogenated alkanes) is 2. The maximum Gasteiger partial charge on any atom is 0.408 e. The number of carbonyl (C=O) groups is 4. The van der Waals surface area contributed by atoms with Gasteiger partial charge in [0.15, 0.2) is 0 Å². The highest BCUT2D eigenvalue weighted by Crippen LogP contribution is 2.41. The van der Waals surface area contributed by atoms with E-state index in [2.05, 4.69) is 17.6 Å². The largest absolute Gasteiger partial charge is 0.508 e. The predicted octanol–water partition coefficient (Wildman–Crippen LogP) is 3.14. The van der Waals surface area contributed by atoms with E-state index in [4.69, 9.17) is 10.5 Å². The molecule has 0 heterocycles. The Kier molecular flexibility index (Phi) is 10.8. The summed E-state index contributed by atoms with van der Waals surface area (Å²) in [5.41, 5.74) is 4.99. The van der Waals surface area contributed by atoms with E-state index in [1.54, 1.807) is 32.9 Å². The summed E-state index contributed by atoms with van der Waals surface area (Å²) in [5.74, 6) is -1.41. The lowest BCUT2D eigenvalue weighted by Crippen LogP contribution is -2.54. The summed E-state index contributed by atoms with van der Waals surface area (Å²) in [7, 11) is 0. The SMILES string of the molecule is CCCCCNC(=O)C(c1cccc(O)c1)N(C(=O)C(CCC(N)=O)NC(=O)OC(C)(C)C)C1CC1C. The number of benzene rings is 1. The van der Waals surface area contributed by atoms with E-state index < -0.39 is 35.6 Å². The van der Waals surface area contributed by atoms with Crippen molar-refractivity contribution in [2.24, 2.45) is 11.7 Å².